The van der Waals surface area contributed by atoms with Crippen LogP contribution in [0.15, 0.2) is 17.1 Å². The number of rotatable bonds is 5. The van der Waals surface area contributed by atoms with Crippen LogP contribution in [0.5, 0.6) is 11.5 Å². The predicted octanol–water partition coefficient (Wildman–Crippen LogP) is 3.83. The van der Waals surface area contributed by atoms with Crippen molar-refractivity contribution in [3.63, 3.8) is 0 Å². The zero-order valence-electron chi connectivity index (χ0n) is 15.9. The molecule has 0 radical (unpaired) electrons. The minimum atomic E-state index is 0.488. The lowest BCUT2D eigenvalue weighted by molar-refractivity contribution is 0.297. The zero-order valence-corrected chi connectivity index (χ0v) is 17.5. The summed E-state index contributed by atoms with van der Waals surface area (Å²) in [4.78, 5) is 10.5. The molecule has 1 aliphatic heterocycles. The minimum absolute atomic E-state index is 0.488. The number of aryl methyl sites for hydroxylation is 2. The van der Waals surface area contributed by atoms with Crippen LogP contribution in [0.2, 0.25) is 5.02 Å². The predicted molar refractivity (Wildman–Crippen MR) is 110 cm³/mol. The lowest BCUT2D eigenvalue weighted by Gasteiger charge is -2.12. The molecule has 1 aliphatic rings. The van der Waals surface area contributed by atoms with E-state index in [1.165, 1.54) is 4.88 Å². The standard InChI is InChI=1S/C19H25ClN4O2S/c1-4-21-19(23-11-17-24-12(2)13(3)27-17)22-10-14-8-15(20)18-16(9-14)25-6-5-7-26-18/h8-9H,4-7,10-11H2,1-3H3,(H2,21,22,23). The molecule has 0 saturated carbocycles. The number of hydrogen-bond acceptors (Lipinski definition) is 5. The van der Waals surface area contributed by atoms with Gasteiger partial charge in [0.25, 0.3) is 0 Å². The van der Waals surface area contributed by atoms with Gasteiger partial charge in [0, 0.05) is 17.8 Å². The molecule has 146 valence electrons. The highest BCUT2D eigenvalue weighted by Crippen LogP contribution is 2.38. The second-order valence-electron chi connectivity index (χ2n) is 6.25. The van der Waals surface area contributed by atoms with E-state index in [9.17, 15) is 0 Å². The van der Waals surface area contributed by atoms with Crippen molar-refractivity contribution in [2.24, 2.45) is 4.99 Å². The van der Waals surface area contributed by atoms with Gasteiger partial charge in [-0.1, -0.05) is 11.6 Å². The van der Waals surface area contributed by atoms with Crippen molar-refractivity contribution in [2.45, 2.75) is 40.3 Å². The van der Waals surface area contributed by atoms with E-state index in [1.807, 2.05) is 26.0 Å². The van der Waals surface area contributed by atoms with E-state index in [2.05, 4.69) is 27.5 Å². The third kappa shape index (κ3) is 5.26. The SMILES string of the molecule is CCNC(=NCc1cc(Cl)c2c(c1)OCCCO2)NCc1nc(C)c(C)s1. The molecule has 2 N–H and O–H groups in total. The molecule has 2 heterocycles. The van der Waals surface area contributed by atoms with E-state index < -0.39 is 0 Å². The van der Waals surface area contributed by atoms with Crippen molar-refractivity contribution in [1.29, 1.82) is 0 Å². The van der Waals surface area contributed by atoms with E-state index in [0.717, 1.165) is 35.2 Å². The summed E-state index contributed by atoms with van der Waals surface area (Å²) in [6.07, 6.45) is 0.850. The molecule has 8 heteroatoms. The molecular weight excluding hydrogens is 384 g/mol. The maximum absolute atomic E-state index is 6.36. The highest BCUT2D eigenvalue weighted by atomic mass is 35.5. The minimum Gasteiger partial charge on any atom is -0.489 e. The highest BCUT2D eigenvalue weighted by Gasteiger charge is 2.15. The van der Waals surface area contributed by atoms with Gasteiger partial charge < -0.3 is 20.1 Å². The van der Waals surface area contributed by atoms with Gasteiger partial charge in [0.15, 0.2) is 17.5 Å². The summed E-state index contributed by atoms with van der Waals surface area (Å²) < 4.78 is 11.4. The molecule has 0 spiro atoms. The first kappa shape index (κ1) is 19.8. The largest absolute Gasteiger partial charge is 0.489 e. The fourth-order valence-corrected chi connectivity index (χ4v) is 3.82. The van der Waals surface area contributed by atoms with Gasteiger partial charge in [0.1, 0.15) is 5.01 Å². The summed E-state index contributed by atoms with van der Waals surface area (Å²) in [5.74, 6) is 2.06. The number of nitrogens with zero attached hydrogens (tertiary/aromatic N) is 2. The van der Waals surface area contributed by atoms with Crippen molar-refractivity contribution in [3.05, 3.63) is 38.3 Å². The van der Waals surface area contributed by atoms with Crippen LogP contribution in [0.1, 0.15) is 34.5 Å². The summed E-state index contributed by atoms with van der Waals surface area (Å²) in [6, 6.07) is 3.84. The van der Waals surface area contributed by atoms with Crippen molar-refractivity contribution in [1.82, 2.24) is 15.6 Å². The summed E-state index contributed by atoms with van der Waals surface area (Å²) >= 11 is 8.07. The lowest BCUT2D eigenvalue weighted by Crippen LogP contribution is -2.36. The maximum atomic E-state index is 6.36. The van der Waals surface area contributed by atoms with Gasteiger partial charge in [0.05, 0.1) is 37.0 Å². The number of fused-ring (bicyclic) bond motifs is 1. The Bertz CT molecular complexity index is 803. The number of guanidine groups is 1. The lowest BCUT2D eigenvalue weighted by atomic mass is 10.2. The topological polar surface area (TPSA) is 67.8 Å². The molecule has 3 rings (SSSR count). The molecule has 0 unspecified atom stereocenters. The summed E-state index contributed by atoms with van der Waals surface area (Å²) in [6.45, 7) is 9.32. The van der Waals surface area contributed by atoms with Gasteiger partial charge in [0.2, 0.25) is 0 Å². The van der Waals surface area contributed by atoms with Crippen LogP contribution >= 0.6 is 22.9 Å². The Balaban J connectivity index is 1.69. The van der Waals surface area contributed by atoms with E-state index >= 15 is 0 Å². The maximum Gasteiger partial charge on any atom is 0.191 e. The third-order valence-corrected chi connectivity index (χ3v) is 5.46. The van der Waals surface area contributed by atoms with Crippen molar-refractivity contribution >= 4 is 28.9 Å². The molecule has 6 nitrogen and oxygen atoms in total. The van der Waals surface area contributed by atoms with Gasteiger partial charge in [-0.25, -0.2) is 9.98 Å². The smallest absolute Gasteiger partial charge is 0.191 e. The van der Waals surface area contributed by atoms with Crippen LogP contribution in [0.3, 0.4) is 0 Å². The zero-order chi connectivity index (χ0) is 19.2. The second kappa shape index (κ2) is 9.28. The van der Waals surface area contributed by atoms with Gasteiger partial charge in [-0.3, -0.25) is 0 Å². The average Bonchev–Trinajstić information content (AvgIpc) is 2.84. The molecule has 1 aromatic heterocycles. The molecule has 0 bridgehead atoms. The molecule has 0 amide bonds. The Morgan fingerprint density at radius 1 is 1.26 bits per heavy atom. The number of benzene rings is 1. The molecule has 1 aromatic carbocycles. The fraction of sp³-hybridized carbons (Fsp3) is 0.474. The summed E-state index contributed by atoms with van der Waals surface area (Å²) in [7, 11) is 0. The van der Waals surface area contributed by atoms with Crippen LogP contribution in [0, 0.1) is 13.8 Å². The van der Waals surface area contributed by atoms with Crippen molar-refractivity contribution in [3.8, 4) is 11.5 Å². The number of aromatic nitrogens is 1. The molecule has 0 aliphatic carbocycles. The van der Waals surface area contributed by atoms with Gasteiger partial charge >= 0.3 is 0 Å². The molecule has 0 saturated heterocycles. The number of nitrogens with one attached hydrogen (secondary N) is 2. The Kier molecular flexibility index (Phi) is 6.79. The third-order valence-electron chi connectivity index (χ3n) is 4.11. The number of ether oxygens (including phenoxy) is 2. The second-order valence-corrected chi connectivity index (χ2v) is 7.95. The van der Waals surface area contributed by atoms with Crippen LogP contribution in [-0.4, -0.2) is 30.7 Å². The molecule has 0 fully saturated rings. The van der Waals surface area contributed by atoms with Gasteiger partial charge in [-0.2, -0.15) is 0 Å². The first-order valence-electron chi connectivity index (χ1n) is 9.10. The quantitative estimate of drug-likeness (QED) is 0.581. The van der Waals surface area contributed by atoms with Crippen LogP contribution in [-0.2, 0) is 13.1 Å². The van der Waals surface area contributed by atoms with Crippen molar-refractivity contribution in [2.75, 3.05) is 19.8 Å². The summed E-state index contributed by atoms with van der Waals surface area (Å²) in [5.41, 5.74) is 2.06. The Hall–Kier alpha value is -1.99. The first-order chi connectivity index (χ1) is 13.1. The van der Waals surface area contributed by atoms with Crippen LogP contribution in [0.25, 0.3) is 0 Å². The number of aliphatic imine (C=N–C) groups is 1. The number of halogens is 1. The Labute approximate surface area is 169 Å². The fourth-order valence-electron chi connectivity index (χ4n) is 2.66. The molecular formula is C19H25ClN4O2S. The van der Waals surface area contributed by atoms with E-state index in [0.29, 0.717) is 42.8 Å². The van der Waals surface area contributed by atoms with Gasteiger partial charge in [-0.05, 0) is 38.5 Å². The van der Waals surface area contributed by atoms with Crippen molar-refractivity contribution < 1.29 is 9.47 Å². The average molecular weight is 409 g/mol. The molecule has 2 aromatic rings. The monoisotopic (exact) mass is 408 g/mol. The molecule has 27 heavy (non-hydrogen) atoms. The normalized spacial score (nSPS) is 14.0. The summed E-state index contributed by atoms with van der Waals surface area (Å²) in [5, 5.41) is 8.20. The van der Waals surface area contributed by atoms with E-state index in [-0.39, 0.29) is 0 Å². The van der Waals surface area contributed by atoms with Gasteiger partial charge in [-0.15, -0.1) is 11.3 Å². The van der Waals surface area contributed by atoms with Crippen LogP contribution in [0.4, 0.5) is 0 Å². The Morgan fingerprint density at radius 2 is 2.07 bits per heavy atom. The highest BCUT2D eigenvalue weighted by molar-refractivity contribution is 7.11. The number of hydrogen-bond donors (Lipinski definition) is 2. The molecule has 0 atom stereocenters. The Morgan fingerprint density at radius 3 is 2.81 bits per heavy atom. The van der Waals surface area contributed by atoms with E-state index in [4.69, 9.17) is 21.1 Å². The van der Waals surface area contributed by atoms with E-state index in [1.54, 1.807) is 11.3 Å². The van der Waals surface area contributed by atoms with Crippen LogP contribution < -0.4 is 20.1 Å². The number of thiazole rings is 1. The first-order valence-corrected chi connectivity index (χ1v) is 10.3.